The summed E-state index contributed by atoms with van der Waals surface area (Å²) < 4.78 is 6.17. The van der Waals surface area contributed by atoms with Gasteiger partial charge in [-0.05, 0) is 37.1 Å². The Hall–Kier alpha value is -2.37. The van der Waals surface area contributed by atoms with Crippen LogP contribution in [0.15, 0.2) is 21.7 Å². The fourth-order valence-corrected chi connectivity index (χ4v) is 2.03. The first-order valence-corrected chi connectivity index (χ1v) is 6.27. The Morgan fingerprint density at radius 1 is 1.25 bits per heavy atom. The molecule has 0 aliphatic rings. The number of hydrogen-bond donors (Lipinski definition) is 1. The highest BCUT2D eigenvalue weighted by Gasteiger charge is 2.09. The fourth-order valence-electron chi connectivity index (χ4n) is 2.03. The number of H-pyrrole nitrogens is 1. The molecule has 0 saturated heterocycles. The maximum Gasteiger partial charge on any atom is 0.316 e. The highest BCUT2D eigenvalue weighted by molar-refractivity contribution is 5.76. The van der Waals surface area contributed by atoms with Gasteiger partial charge in [0.2, 0.25) is 0 Å². The van der Waals surface area contributed by atoms with Crippen molar-refractivity contribution in [1.82, 2.24) is 9.55 Å². The van der Waals surface area contributed by atoms with Crippen LogP contribution in [-0.4, -0.2) is 22.1 Å². The molecule has 0 aliphatic heterocycles. The average molecular weight is 276 g/mol. The second-order valence-electron chi connectivity index (χ2n) is 4.70. The number of carbonyl (C=O) groups is 1. The number of benzene rings is 1. The van der Waals surface area contributed by atoms with E-state index >= 15 is 0 Å². The molecular weight excluding hydrogens is 260 g/mol. The third kappa shape index (κ3) is 2.64. The molecule has 1 aromatic heterocycles. The van der Waals surface area contributed by atoms with Crippen LogP contribution in [0.4, 0.5) is 0 Å². The van der Waals surface area contributed by atoms with Crippen molar-refractivity contribution in [2.75, 3.05) is 6.61 Å². The van der Waals surface area contributed by atoms with Crippen LogP contribution in [0.5, 0.6) is 0 Å². The average Bonchev–Trinajstić information content (AvgIpc) is 2.36. The molecule has 1 heterocycles. The first kappa shape index (κ1) is 14.0. The molecule has 0 atom stereocenters. The summed E-state index contributed by atoms with van der Waals surface area (Å²) in [6.45, 7) is 5.37. The molecule has 0 radical (unpaired) electrons. The Kier molecular flexibility index (Phi) is 3.74. The first-order valence-electron chi connectivity index (χ1n) is 6.27. The Bertz CT molecular complexity index is 786. The largest absolute Gasteiger partial charge is 0.464 e. The summed E-state index contributed by atoms with van der Waals surface area (Å²) in [7, 11) is 0. The number of ether oxygens (including phenoxy) is 1. The Morgan fingerprint density at radius 2 is 1.90 bits per heavy atom. The lowest BCUT2D eigenvalue weighted by atomic mass is 10.1. The zero-order chi connectivity index (χ0) is 14.9. The van der Waals surface area contributed by atoms with Gasteiger partial charge in [0, 0.05) is 6.92 Å². The molecule has 6 nitrogen and oxygen atoms in total. The lowest BCUT2D eigenvalue weighted by molar-refractivity contribution is -0.141. The topological polar surface area (TPSA) is 81.2 Å². The minimum absolute atomic E-state index is 0.0563. The van der Waals surface area contributed by atoms with Crippen LogP contribution in [0.1, 0.15) is 18.1 Å². The van der Waals surface area contributed by atoms with Crippen LogP contribution in [0.2, 0.25) is 0 Å². The standard InChI is InChI=1S/C14H16N2O4/c1-8-6-11-12(7-9(8)2)16(4-5-20-10(3)17)14(19)13(18)15-11/h6-7H,4-5H2,1-3H3,(H,15,18). The van der Waals surface area contributed by atoms with Gasteiger partial charge in [-0.2, -0.15) is 0 Å². The molecule has 2 aromatic rings. The summed E-state index contributed by atoms with van der Waals surface area (Å²) in [6.07, 6.45) is 0. The van der Waals surface area contributed by atoms with E-state index in [2.05, 4.69) is 4.98 Å². The van der Waals surface area contributed by atoms with Crippen LogP contribution < -0.4 is 11.1 Å². The maximum absolute atomic E-state index is 11.9. The summed E-state index contributed by atoms with van der Waals surface area (Å²) in [5.74, 6) is -0.417. The number of carbonyl (C=O) groups excluding carboxylic acids is 1. The van der Waals surface area contributed by atoms with Crippen LogP contribution in [0.3, 0.4) is 0 Å². The molecule has 6 heteroatoms. The molecule has 0 fully saturated rings. The Morgan fingerprint density at radius 3 is 2.55 bits per heavy atom. The summed E-state index contributed by atoms with van der Waals surface area (Å²) in [6, 6.07) is 3.67. The normalized spacial score (nSPS) is 10.8. The van der Waals surface area contributed by atoms with E-state index in [0.29, 0.717) is 11.0 Å². The summed E-state index contributed by atoms with van der Waals surface area (Å²) in [5.41, 5.74) is 1.95. The summed E-state index contributed by atoms with van der Waals surface area (Å²) in [4.78, 5) is 36.9. The van der Waals surface area contributed by atoms with Gasteiger partial charge in [-0.25, -0.2) is 0 Å². The van der Waals surface area contributed by atoms with Crippen molar-refractivity contribution in [1.29, 1.82) is 0 Å². The van der Waals surface area contributed by atoms with Crippen LogP contribution in [0, 0.1) is 13.8 Å². The minimum atomic E-state index is -0.677. The van der Waals surface area contributed by atoms with E-state index in [1.807, 2.05) is 26.0 Å². The van der Waals surface area contributed by atoms with Gasteiger partial charge >= 0.3 is 17.1 Å². The van der Waals surface area contributed by atoms with E-state index in [1.54, 1.807) is 0 Å². The highest BCUT2D eigenvalue weighted by atomic mass is 16.5. The lowest BCUT2D eigenvalue weighted by Gasteiger charge is -2.11. The molecule has 20 heavy (non-hydrogen) atoms. The predicted octanol–water partition coefficient (Wildman–Crippen LogP) is 0.870. The van der Waals surface area contributed by atoms with Gasteiger partial charge in [0.05, 0.1) is 17.6 Å². The van der Waals surface area contributed by atoms with Crippen molar-refractivity contribution in [3.05, 3.63) is 44.0 Å². The summed E-state index contributed by atoms with van der Waals surface area (Å²) >= 11 is 0. The Balaban J connectivity index is 2.58. The minimum Gasteiger partial charge on any atom is -0.464 e. The fraction of sp³-hybridized carbons (Fsp3) is 0.357. The van der Waals surface area contributed by atoms with Crippen molar-refractivity contribution in [2.45, 2.75) is 27.3 Å². The number of nitrogens with one attached hydrogen (secondary N) is 1. The molecule has 0 bridgehead atoms. The second kappa shape index (κ2) is 5.32. The van der Waals surface area contributed by atoms with Crippen molar-refractivity contribution >= 4 is 17.0 Å². The van der Waals surface area contributed by atoms with Crippen LogP contribution >= 0.6 is 0 Å². The second-order valence-corrected chi connectivity index (χ2v) is 4.70. The van der Waals surface area contributed by atoms with Gasteiger partial charge in [-0.3, -0.25) is 19.0 Å². The smallest absolute Gasteiger partial charge is 0.316 e. The number of fused-ring (bicyclic) bond motifs is 1. The molecule has 106 valence electrons. The van der Waals surface area contributed by atoms with Gasteiger partial charge in [0.25, 0.3) is 0 Å². The molecule has 2 rings (SSSR count). The first-order chi connectivity index (χ1) is 9.40. The SMILES string of the molecule is CC(=O)OCCn1c(=O)c(=O)[nH]c2cc(C)c(C)cc21. The molecule has 0 amide bonds. The van der Waals surface area contributed by atoms with E-state index < -0.39 is 17.1 Å². The molecule has 1 N–H and O–H groups in total. The predicted molar refractivity (Wildman–Crippen MR) is 74.9 cm³/mol. The molecule has 0 unspecified atom stereocenters. The van der Waals surface area contributed by atoms with E-state index in [-0.39, 0.29) is 13.2 Å². The molecular formula is C14H16N2O4. The van der Waals surface area contributed by atoms with Crippen LogP contribution in [0.25, 0.3) is 11.0 Å². The van der Waals surface area contributed by atoms with Gasteiger partial charge in [0.1, 0.15) is 6.61 Å². The number of aryl methyl sites for hydroxylation is 2. The van der Waals surface area contributed by atoms with Crippen LogP contribution in [-0.2, 0) is 16.1 Å². The lowest BCUT2D eigenvalue weighted by Crippen LogP contribution is -2.37. The zero-order valence-electron chi connectivity index (χ0n) is 11.6. The van der Waals surface area contributed by atoms with Gasteiger partial charge in [-0.1, -0.05) is 0 Å². The monoisotopic (exact) mass is 276 g/mol. The maximum atomic E-state index is 11.9. The molecule has 1 aromatic carbocycles. The number of aromatic amines is 1. The third-order valence-corrected chi connectivity index (χ3v) is 3.21. The van der Waals surface area contributed by atoms with Gasteiger partial charge in [0.15, 0.2) is 0 Å². The third-order valence-electron chi connectivity index (χ3n) is 3.21. The number of esters is 1. The van der Waals surface area contributed by atoms with Crippen molar-refractivity contribution in [2.24, 2.45) is 0 Å². The Labute approximate surface area is 115 Å². The number of aromatic nitrogens is 2. The van der Waals surface area contributed by atoms with Gasteiger partial charge < -0.3 is 9.72 Å². The highest BCUT2D eigenvalue weighted by Crippen LogP contribution is 2.15. The molecule has 0 aliphatic carbocycles. The zero-order valence-corrected chi connectivity index (χ0v) is 11.6. The van der Waals surface area contributed by atoms with Crippen molar-refractivity contribution < 1.29 is 9.53 Å². The van der Waals surface area contributed by atoms with E-state index in [1.165, 1.54) is 11.5 Å². The summed E-state index contributed by atoms with van der Waals surface area (Å²) in [5, 5.41) is 0. The molecule has 0 spiro atoms. The quantitative estimate of drug-likeness (QED) is 0.666. The van der Waals surface area contributed by atoms with E-state index in [0.717, 1.165) is 11.1 Å². The number of nitrogens with zero attached hydrogens (tertiary/aromatic N) is 1. The van der Waals surface area contributed by atoms with Gasteiger partial charge in [-0.15, -0.1) is 0 Å². The van der Waals surface area contributed by atoms with E-state index in [4.69, 9.17) is 4.74 Å². The van der Waals surface area contributed by atoms with Crippen molar-refractivity contribution in [3.8, 4) is 0 Å². The molecule has 0 saturated carbocycles. The van der Waals surface area contributed by atoms with Crippen molar-refractivity contribution in [3.63, 3.8) is 0 Å². The number of rotatable bonds is 3. The number of hydrogen-bond acceptors (Lipinski definition) is 4. The van der Waals surface area contributed by atoms with E-state index in [9.17, 15) is 14.4 Å².